The van der Waals surface area contributed by atoms with Gasteiger partial charge in [-0.15, -0.1) is 12.4 Å². The number of amides is 1. The molecule has 3 aliphatic rings. The molecule has 6 heteroatoms. The van der Waals surface area contributed by atoms with E-state index >= 15 is 0 Å². The van der Waals surface area contributed by atoms with Crippen LogP contribution in [0.4, 0.5) is 0 Å². The van der Waals surface area contributed by atoms with Crippen molar-refractivity contribution >= 4 is 18.3 Å². The van der Waals surface area contributed by atoms with Crippen LogP contribution in [-0.2, 0) is 4.79 Å². The van der Waals surface area contributed by atoms with Crippen molar-refractivity contribution in [2.45, 2.75) is 50.2 Å². The van der Waals surface area contributed by atoms with Gasteiger partial charge >= 0.3 is 0 Å². The number of hydrogen-bond acceptors (Lipinski definition) is 4. The summed E-state index contributed by atoms with van der Waals surface area (Å²) in [6.45, 7) is 4.21. The van der Waals surface area contributed by atoms with Crippen molar-refractivity contribution < 1.29 is 4.79 Å². The molecule has 24 heavy (non-hydrogen) atoms. The van der Waals surface area contributed by atoms with E-state index in [1.54, 1.807) is 0 Å². The molecule has 5 atom stereocenters. The largest absolute Gasteiger partial charge is 0.348 e. The molecule has 1 aromatic rings. The van der Waals surface area contributed by atoms with Crippen LogP contribution in [0.25, 0.3) is 0 Å². The van der Waals surface area contributed by atoms with Crippen molar-refractivity contribution in [3.05, 3.63) is 35.4 Å². The van der Waals surface area contributed by atoms with E-state index in [9.17, 15) is 4.79 Å². The highest BCUT2D eigenvalue weighted by molar-refractivity contribution is 5.85. The number of carbonyl (C=O) groups is 1. The first-order chi connectivity index (χ1) is 11.2. The van der Waals surface area contributed by atoms with Crippen LogP contribution in [0, 0.1) is 5.92 Å². The zero-order valence-corrected chi connectivity index (χ0v) is 14.9. The van der Waals surface area contributed by atoms with Gasteiger partial charge in [-0.1, -0.05) is 31.2 Å². The summed E-state index contributed by atoms with van der Waals surface area (Å²) in [5, 5.41) is 6.71. The van der Waals surface area contributed by atoms with E-state index in [4.69, 9.17) is 0 Å². The second-order valence-electron chi connectivity index (χ2n) is 7.20. The second-order valence-corrected chi connectivity index (χ2v) is 7.20. The number of hydrogen-bond donors (Lipinski definition) is 4. The molecular weight excluding hydrogens is 324 g/mol. The predicted octanol–water partition coefficient (Wildman–Crippen LogP) is 1.62. The quantitative estimate of drug-likeness (QED) is 0.654. The molecule has 0 bridgehead atoms. The average Bonchev–Trinajstić information content (AvgIpc) is 3.02. The SMILES string of the molecule is CC1CCC(NC(=O)C2NNC3CCNCC32)c2ccccc21.Cl. The van der Waals surface area contributed by atoms with E-state index in [2.05, 4.69) is 52.7 Å². The Labute approximate surface area is 149 Å². The molecule has 1 amide bonds. The topological polar surface area (TPSA) is 65.2 Å². The zero-order valence-electron chi connectivity index (χ0n) is 14.0. The minimum Gasteiger partial charge on any atom is -0.348 e. The van der Waals surface area contributed by atoms with Gasteiger partial charge in [0.15, 0.2) is 0 Å². The van der Waals surface area contributed by atoms with Crippen molar-refractivity contribution in [3.63, 3.8) is 0 Å². The molecule has 2 fully saturated rings. The van der Waals surface area contributed by atoms with Crippen LogP contribution >= 0.6 is 12.4 Å². The Balaban J connectivity index is 0.00000169. The van der Waals surface area contributed by atoms with Crippen LogP contribution < -0.4 is 21.5 Å². The van der Waals surface area contributed by atoms with Crippen LogP contribution in [-0.4, -0.2) is 31.1 Å². The number of carbonyl (C=O) groups excluding carboxylic acids is 1. The number of nitrogens with one attached hydrogen (secondary N) is 4. The van der Waals surface area contributed by atoms with Crippen LogP contribution in [0.15, 0.2) is 24.3 Å². The molecule has 5 nitrogen and oxygen atoms in total. The Morgan fingerprint density at radius 2 is 1.92 bits per heavy atom. The maximum Gasteiger partial charge on any atom is 0.239 e. The summed E-state index contributed by atoms with van der Waals surface area (Å²) in [6.07, 6.45) is 3.23. The molecular formula is C18H27ClN4O. The molecule has 4 N–H and O–H groups in total. The molecule has 2 heterocycles. The van der Waals surface area contributed by atoms with Crippen molar-refractivity contribution in [1.82, 2.24) is 21.5 Å². The molecule has 1 aliphatic carbocycles. The maximum absolute atomic E-state index is 12.8. The van der Waals surface area contributed by atoms with Gasteiger partial charge in [0.2, 0.25) is 5.91 Å². The lowest BCUT2D eigenvalue weighted by atomic mass is 9.80. The van der Waals surface area contributed by atoms with Crippen LogP contribution in [0.2, 0.25) is 0 Å². The third-order valence-electron chi connectivity index (χ3n) is 5.77. The van der Waals surface area contributed by atoms with Gasteiger partial charge in [0, 0.05) is 18.5 Å². The summed E-state index contributed by atoms with van der Waals surface area (Å²) in [5.74, 6) is 1.04. The highest BCUT2D eigenvalue weighted by Crippen LogP contribution is 2.37. The highest BCUT2D eigenvalue weighted by Gasteiger charge is 2.41. The van der Waals surface area contributed by atoms with E-state index in [0.29, 0.717) is 17.9 Å². The predicted molar refractivity (Wildman–Crippen MR) is 97.0 cm³/mol. The molecule has 0 radical (unpaired) electrons. The second kappa shape index (κ2) is 7.40. The third-order valence-corrected chi connectivity index (χ3v) is 5.77. The van der Waals surface area contributed by atoms with Gasteiger partial charge in [0.25, 0.3) is 0 Å². The van der Waals surface area contributed by atoms with Gasteiger partial charge in [0.05, 0.1) is 6.04 Å². The Hall–Kier alpha value is -1.14. The van der Waals surface area contributed by atoms with Gasteiger partial charge in [0.1, 0.15) is 6.04 Å². The van der Waals surface area contributed by atoms with E-state index < -0.39 is 0 Å². The number of rotatable bonds is 2. The van der Waals surface area contributed by atoms with Gasteiger partial charge in [-0.25, -0.2) is 5.43 Å². The van der Waals surface area contributed by atoms with E-state index in [1.165, 1.54) is 11.1 Å². The monoisotopic (exact) mass is 350 g/mol. The smallest absolute Gasteiger partial charge is 0.239 e. The summed E-state index contributed by atoms with van der Waals surface area (Å²) < 4.78 is 0. The van der Waals surface area contributed by atoms with E-state index in [0.717, 1.165) is 32.4 Å². The molecule has 132 valence electrons. The summed E-state index contributed by atoms with van der Waals surface area (Å²) in [7, 11) is 0. The minimum atomic E-state index is -0.140. The lowest BCUT2D eigenvalue weighted by Gasteiger charge is -2.32. The number of hydrazine groups is 1. The molecule has 0 spiro atoms. The number of halogens is 1. The van der Waals surface area contributed by atoms with Crippen LogP contribution in [0.1, 0.15) is 49.3 Å². The zero-order chi connectivity index (χ0) is 15.8. The standard InChI is InChI=1S/C18H26N4O.ClH/c1-11-6-7-15(13-5-3-2-4-12(11)13)20-18(23)17-14-10-19-9-8-16(14)21-22-17;/h2-5,11,14-17,19,21-22H,6-10H2,1H3,(H,20,23);1H. The molecule has 2 saturated heterocycles. The normalized spacial score (nSPS) is 34.6. The Morgan fingerprint density at radius 1 is 1.12 bits per heavy atom. The fraction of sp³-hybridized carbons (Fsp3) is 0.611. The van der Waals surface area contributed by atoms with Crippen LogP contribution in [0.5, 0.6) is 0 Å². The maximum atomic E-state index is 12.8. The first-order valence-corrected chi connectivity index (χ1v) is 8.85. The van der Waals surface area contributed by atoms with Gasteiger partial charge < -0.3 is 10.6 Å². The summed E-state index contributed by atoms with van der Waals surface area (Å²) in [6, 6.07) is 8.96. The molecule has 0 aromatic heterocycles. The average molecular weight is 351 g/mol. The Bertz CT molecular complexity index is 596. The molecule has 0 saturated carbocycles. The lowest BCUT2D eigenvalue weighted by Crippen LogP contribution is -2.50. The Kier molecular flexibility index (Phi) is 5.45. The first kappa shape index (κ1) is 17.7. The third kappa shape index (κ3) is 3.18. The summed E-state index contributed by atoms with van der Waals surface area (Å²) in [5.41, 5.74) is 9.20. The fourth-order valence-corrected chi connectivity index (χ4v) is 4.39. The number of benzene rings is 1. The van der Waals surface area contributed by atoms with Gasteiger partial charge in [-0.3, -0.25) is 10.2 Å². The minimum absolute atomic E-state index is 0. The van der Waals surface area contributed by atoms with Gasteiger partial charge in [-0.05, 0) is 42.9 Å². The van der Waals surface area contributed by atoms with Crippen LogP contribution in [0.3, 0.4) is 0 Å². The van der Waals surface area contributed by atoms with Crippen molar-refractivity contribution in [2.24, 2.45) is 5.92 Å². The van der Waals surface area contributed by atoms with Crippen molar-refractivity contribution in [2.75, 3.05) is 13.1 Å². The van der Waals surface area contributed by atoms with E-state index in [-0.39, 0.29) is 30.4 Å². The Morgan fingerprint density at radius 3 is 2.75 bits per heavy atom. The molecule has 5 unspecified atom stereocenters. The van der Waals surface area contributed by atoms with Crippen molar-refractivity contribution in [3.8, 4) is 0 Å². The summed E-state index contributed by atoms with van der Waals surface area (Å²) in [4.78, 5) is 12.8. The number of piperidine rings is 1. The molecule has 4 rings (SSSR count). The van der Waals surface area contributed by atoms with E-state index in [1.807, 2.05) is 0 Å². The van der Waals surface area contributed by atoms with Crippen molar-refractivity contribution in [1.29, 1.82) is 0 Å². The first-order valence-electron chi connectivity index (χ1n) is 8.85. The number of fused-ring (bicyclic) bond motifs is 2. The molecule has 2 aliphatic heterocycles. The van der Waals surface area contributed by atoms with Gasteiger partial charge in [-0.2, -0.15) is 0 Å². The fourth-order valence-electron chi connectivity index (χ4n) is 4.39. The highest BCUT2D eigenvalue weighted by atomic mass is 35.5. The summed E-state index contributed by atoms with van der Waals surface area (Å²) >= 11 is 0. The molecule has 1 aromatic carbocycles. The lowest BCUT2D eigenvalue weighted by molar-refractivity contribution is -0.124.